The van der Waals surface area contributed by atoms with Crippen LogP contribution in [0.3, 0.4) is 0 Å². The average molecular weight is 442 g/mol. The van der Waals surface area contributed by atoms with E-state index in [0.29, 0.717) is 10.9 Å². The molecule has 0 fully saturated rings. The van der Waals surface area contributed by atoms with Crippen LogP contribution in [-0.2, 0) is 11.3 Å². The molecule has 1 heterocycles. The molecule has 1 N–H and O–H groups in total. The standard InChI is InChI=1S/C22H24BrN3O2/c1-22(2,3)20(15-7-5-4-6-8-15)25-19(27)11-12-26-14-24-18-10-9-16(23)13-17(18)21(26)28/h4-10,13-14,20H,11-12H2,1-3H3,(H,25,27). The van der Waals surface area contributed by atoms with Crippen LogP contribution in [0.5, 0.6) is 0 Å². The number of nitrogens with one attached hydrogen (secondary N) is 1. The number of carbonyl (C=O) groups is 1. The van der Waals surface area contributed by atoms with Gasteiger partial charge in [-0.25, -0.2) is 4.98 Å². The first-order valence-corrected chi connectivity index (χ1v) is 10.0. The lowest BCUT2D eigenvalue weighted by Gasteiger charge is -2.32. The van der Waals surface area contributed by atoms with Crippen molar-refractivity contribution in [1.82, 2.24) is 14.9 Å². The molecule has 0 aliphatic heterocycles. The van der Waals surface area contributed by atoms with E-state index in [0.717, 1.165) is 10.0 Å². The van der Waals surface area contributed by atoms with Crippen molar-refractivity contribution in [3.05, 3.63) is 75.2 Å². The monoisotopic (exact) mass is 441 g/mol. The van der Waals surface area contributed by atoms with Gasteiger partial charge in [-0.15, -0.1) is 0 Å². The Hall–Kier alpha value is -2.47. The lowest BCUT2D eigenvalue weighted by atomic mass is 9.82. The van der Waals surface area contributed by atoms with Crippen LogP contribution in [0.1, 0.15) is 38.8 Å². The van der Waals surface area contributed by atoms with Crippen molar-refractivity contribution < 1.29 is 4.79 Å². The zero-order valence-electron chi connectivity index (χ0n) is 16.3. The van der Waals surface area contributed by atoms with E-state index in [1.807, 2.05) is 36.4 Å². The lowest BCUT2D eigenvalue weighted by molar-refractivity contribution is -0.122. The molecule has 0 saturated carbocycles. The van der Waals surface area contributed by atoms with Crippen LogP contribution in [0.4, 0.5) is 0 Å². The summed E-state index contributed by atoms with van der Waals surface area (Å²) in [5, 5.41) is 3.66. The average Bonchev–Trinajstić information content (AvgIpc) is 2.66. The van der Waals surface area contributed by atoms with Gasteiger partial charge in [0.05, 0.1) is 23.3 Å². The van der Waals surface area contributed by atoms with Crippen LogP contribution in [0.15, 0.2) is 64.1 Å². The summed E-state index contributed by atoms with van der Waals surface area (Å²) >= 11 is 3.38. The molecule has 28 heavy (non-hydrogen) atoms. The molecule has 0 radical (unpaired) electrons. The van der Waals surface area contributed by atoms with Crippen molar-refractivity contribution >= 4 is 32.7 Å². The molecule has 0 bridgehead atoms. The van der Waals surface area contributed by atoms with Gasteiger partial charge >= 0.3 is 0 Å². The van der Waals surface area contributed by atoms with Gasteiger partial charge in [0, 0.05) is 17.4 Å². The molecule has 0 saturated heterocycles. The zero-order valence-corrected chi connectivity index (χ0v) is 17.9. The highest BCUT2D eigenvalue weighted by Crippen LogP contribution is 2.32. The summed E-state index contributed by atoms with van der Waals surface area (Å²) in [6.45, 7) is 6.58. The number of benzene rings is 2. The Labute approximate surface area is 172 Å². The second-order valence-corrected chi connectivity index (χ2v) is 8.85. The summed E-state index contributed by atoms with van der Waals surface area (Å²) in [6, 6.07) is 15.2. The Kier molecular flexibility index (Phi) is 5.98. The van der Waals surface area contributed by atoms with Gasteiger partial charge in [0.15, 0.2) is 0 Å². The van der Waals surface area contributed by atoms with Gasteiger partial charge in [-0.1, -0.05) is 67.0 Å². The molecule has 0 aliphatic carbocycles. The predicted molar refractivity (Wildman–Crippen MR) is 115 cm³/mol. The molecule has 3 aromatic rings. The molecule has 2 aromatic carbocycles. The maximum Gasteiger partial charge on any atom is 0.261 e. The van der Waals surface area contributed by atoms with Crippen molar-refractivity contribution in [1.29, 1.82) is 0 Å². The summed E-state index contributed by atoms with van der Waals surface area (Å²) < 4.78 is 2.31. The number of fused-ring (bicyclic) bond motifs is 1. The van der Waals surface area contributed by atoms with Crippen LogP contribution >= 0.6 is 15.9 Å². The summed E-state index contributed by atoms with van der Waals surface area (Å²) in [6.07, 6.45) is 1.71. The highest BCUT2D eigenvalue weighted by molar-refractivity contribution is 9.10. The first-order chi connectivity index (χ1) is 13.3. The molecule has 6 heteroatoms. The fourth-order valence-corrected chi connectivity index (χ4v) is 3.55. The Balaban J connectivity index is 1.74. The molecular weight excluding hydrogens is 418 g/mol. The van der Waals surface area contributed by atoms with Gasteiger partial charge in [-0.3, -0.25) is 14.2 Å². The van der Waals surface area contributed by atoms with E-state index in [-0.39, 0.29) is 35.9 Å². The highest BCUT2D eigenvalue weighted by atomic mass is 79.9. The molecule has 0 aliphatic rings. The quantitative estimate of drug-likeness (QED) is 0.635. The highest BCUT2D eigenvalue weighted by Gasteiger charge is 2.27. The zero-order chi connectivity index (χ0) is 20.3. The number of carbonyl (C=O) groups excluding carboxylic acids is 1. The smallest absolute Gasteiger partial charge is 0.261 e. The number of halogens is 1. The number of aryl methyl sites for hydroxylation is 1. The topological polar surface area (TPSA) is 64.0 Å². The number of hydrogen-bond acceptors (Lipinski definition) is 3. The minimum absolute atomic E-state index is 0.0926. The third-order valence-corrected chi connectivity index (χ3v) is 5.16. The van der Waals surface area contributed by atoms with E-state index in [9.17, 15) is 9.59 Å². The van der Waals surface area contributed by atoms with Crippen molar-refractivity contribution in [2.45, 2.75) is 39.8 Å². The first kappa shape index (κ1) is 20.3. The largest absolute Gasteiger partial charge is 0.349 e. The van der Waals surface area contributed by atoms with E-state index in [1.165, 1.54) is 10.9 Å². The summed E-state index contributed by atoms with van der Waals surface area (Å²) in [4.78, 5) is 29.6. The fourth-order valence-electron chi connectivity index (χ4n) is 3.19. The molecule has 1 amide bonds. The summed E-state index contributed by atoms with van der Waals surface area (Å²) in [7, 11) is 0. The second-order valence-electron chi connectivity index (χ2n) is 7.93. The van der Waals surface area contributed by atoms with E-state index in [4.69, 9.17) is 0 Å². The minimum atomic E-state index is -0.144. The van der Waals surface area contributed by atoms with Crippen LogP contribution in [0.2, 0.25) is 0 Å². The molecular formula is C22H24BrN3O2. The third kappa shape index (κ3) is 4.68. The number of nitrogens with zero attached hydrogens (tertiary/aromatic N) is 2. The van der Waals surface area contributed by atoms with Gasteiger partial charge in [-0.05, 0) is 29.2 Å². The Morgan fingerprint density at radius 1 is 1.18 bits per heavy atom. The van der Waals surface area contributed by atoms with Crippen LogP contribution in [0.25, 0.3) is 10.9 Å². The van der Waals surface area contributed by atoms with E-state index in [1.54, 1.807) is 12.1 Å². The van der Waals surface area contributed by atoms with Gasteiger partial charge in [0.25, 0.3) is 5.56 Å². The molecule has 146 valence electrons. The molecule has 3 rings (SSSR count). The van der Waals surface area contributed by atoms with Crippen molar-refractivity contribution in [3.8, 4) is 0 Å². The molecule has 1 atom stereocenters. The molecule has 0 spiro atoms. The third-order valence-electron chi connectivity index (χ3n) is 4.67. The maximum absolute atomic E-state index is 12.7. The fraction of sp³-hybridized carbons (Fsp3) is 0.318. The summed E-state index contributed by atoms with van der Waals surface area (Å²) in [5.41, 5.74) is 1.43. The van der Waals surface area contributed by atoms with Gasteiger partial charge in [0.1, 0.15) is 0 Å². The van der Waals surface area contributed by atoms with Crippen molar-refractivity contribution in [3.63, 3.8) is 0 Å². The Morgan fingerprint density at radius 2 is 1.89 bits per heavy atom. The van der Waals surface area contributed by atoms with Crippen molar-refractivity contribution in [2.75, 3.05) is 0 Å². The number of hydrogen-bond donors (Lipinski definition) is 1. The first-order valence-electron chi connectivity index (χ1n) is 9.25. The van der Waals surface area contributed by atoms with E-state index in [2.05, 4.69) is 47.0 Å². The van der Waals surface area contributed by atoms with Crippen LogP contribution in [0, 0.1) is 5.41 Å². The summed E-state index contributed by atoms with van der Waals surface area (Å²) in [5.74, 6) is -0.0926. The number of amides is 1. The number of rotatable bonds is 5. The predicted octanol–water partition coefficient (Wildman–Crippen LogP) is 4.45. The van der Waals surface area contributed by atoms with Crippen molar-refractivity contribution in [2.24, 2.45) is 5.41 Å². The molecule has 1 unspecified atom stereocenters. The van der Waals surface area contributed by atoms with Crippen LogP contribution < -0.4 is 10.9 Å². The van der Waals surface area contributed by atoms with Crippen LogP contribution in [-0.4, -0.2) is 15.5 Å². The van der Waals surface area contributed by atoms with E-state index >= 15 is 0 Å². The Morgan fingerprint density at radius 3 is 2.57 bits per heavy atom. The van der Waals surface area contributed by atoms with Gasteiger partial charge < -0.3 is 5.32 Å². The van der Waals surface area contributed by atoms with Gasteiger partial charge in [-0.2, -0.15) is 0 Å². The SMILES string of the molecule is CC(C)(C)C(NC(=O)CCn1cnc2ccc(Br)cc2c1=O)c1ccccc1. The van der Waals surface area contributed by atoms with E-state index < -0.39 is 0 Å². The number of aromatic nitrogens is 2. The lowest BCUT2D eigenvalue weighted by Crippen LogP contribution is -2.37. The molecule has 5 nitrogen and oxygen atoms in total. The minimum Gasteiger partial charge on any atom is -0.349 e. The van der Waals surface area contributed by atoms with Gasteiger partial charge in [0.2, 0.25) is 5.91 Å². The maximum atomic E-state index is 12.7. The Bertz CT molecular complexity index is 1040. The second kappa shape index (κ2) is 8.27. The normalized spacial score (nSPS) is 12.7. The molecule has 1 aromatic heterocycles.